The molecular formula is C17H10BrN3O2. The van der Waals surface area contributed by atoms with Gasteiger partial charge in [-0.3, -0.25) is 9.79 Å². The zero-order chi connectivity index (χ0) is 15.8. The predicted octanol–water partition coefficient (Wildman–Crippen LogP) is 4.18. The van der Waals surface area contributed by atoms with Crippen molar-refractivity contribution in [3.63, 3.8) is 0 Å². The Balaban J connectivity index is 1.69. The van der Waals surface area contributed by atoms with Crippen LogP contribution < -0.4 is 0 Å². The van der Waals surface area contributed by atoms with Crippen LogP contribution in [-0.2, 0) is 0 Å². The van der Waals surface area contributed by atoms with E-state index in [1.54, 1.807) is 18.3 Å². The maximum absolute atomic E-state index is 12.6. The molecule has 0 radical (unpaired) electrons. The maximum atomic E-state index is 12.6. The lowest BCUT2D eigenvalue weighted by Gasteiger charge is -2.13. The summed E-state index contributed by atoms with van der Waals surface area (Å²) in [6, 6.07) is 14.8. The topological polar surface area (TPSA) is 68.3 Å². The minimum absolute atomic E-state index is 0.0833. The number of carbonyl (C=O) groups excluding carboxylic acids is 1. The minimum atomic E-state index is -0.640. The van der Waals surface area contributed by atoms with Gasteiger partial charge in [0.1, 0.15) is 5.92 Å². The van der Waals surface area contributed by atoms with Crippen LogP contribution in [0.2, 0.25) is 0 Å². The van der Waals surface area contributed by atoms with Crippen molar-refractivity contribution < 1.29 is 9.32 Å². The number of ketones is 1. The van der Waals surface area contributed by atoms with E-state index in [-0.39, 0.29) is 11.7 Å². The number of rotatable bonds is 2. The molecule has 4 rings (SSSR count). The van der Waals surface area contributed by atoms with Crippen LogP contribution in [0.25, 0.3) is 11.4 Å². The molecule has 6 heteroatoms. The summed E-state index contributed by atoms with van der Waals surface area (Å²) >= 11 is 3.41. The van der Waals surface area contributed by atoms with Gasteiger partial charge >= 0.3 is 0 Å². The van der Waals surface area contributed by atoms with E-state index in [2.05, 4.69) is 31.1 Å². The van der Waals surface area contributed by atoms with E-state index < -0.39 is 5.92 Å². The Morgan fingerprint density at radius 3 is 2.83 bits per heavy atom. The Morgan fingerprint density at radius 2 is 1.96 bits per heavy atom. The van der Waals surface area contributed by atoms with Crippen LogP contribution in [0.4, 0.5) is 5.69 Å². The van der Waals surface area contributed by atoms with Crippen molar-refractivity contribution in [1.29, 1.82) is 0 Å². The summed E-state index contributed by atoms with van der Waals surface area (Å²) in [6.45, 7) is 0. The van der Waals surface area contributed by atoms with Crippen molar-refractivity contribution in [2.75, 3.05) is 0 Å². The fourth-order valence-electron chi connectivity index (χ4n) is 2.47. The van der Waals surface area contributed by atoms with Gasteiger partial charge < -0.3 is 4.52 Å². The number of carbonyl (C=O) groups is 1. The number of hydrogen-bond acceptors (Lipinski definition) is 5. The first kappa shape index (κ1) is 14.0. The fourth-order valence-corrected chi connectivity index (χ4v) is 2.87. The van der Waals surface area contributed by atoms with E-state index in [4.69, 9.17) is 4.52 Å². The zero-order valence-electron chi connectivity index (χ0n) is 11.8. The van der Waals surface area contributed by atoms with Crippen LogP contribution in [-0.4, -0.2) is 22.1 Å². The lowest BCUT2D eigenvalue weighted by molar-refractivity contribution is 0.0971. The quantitative estimate of drug-likeness (QED) is 0.681. The second kappa shape index (κ2) is 5.55. The number of benzene rings is 2. The summed E-state index contributed by atoms with van der Waals surface area (Å²) in [5.41, 5.74) is 2.05. The number of aromatic nitrogens is 2. The summed E-state index contributed by atoms with van der Waals surface area (Å²) in [7, 11) is 0. The number of nitrogens with zero attached hydrogens (tertiary/aromatic N) is 3. The number of aliphatic imine (C=N–C) groups is 1. The van der Waals surface area contributed by atoms with Gasteiger partial charge in [-0.05, 0) is 24.3 Å². The summed E-state index contributed by atoms with van der Waals surface area (Å²) in [6.07, 6.45) is 1.56. The monoisotopic (exact) mass is 367 g/mol. The summed E-state index contributed by atoms with van der Waals surface area (Å²) in [5.74, 6) is -0.0251. The van der Waals surface area contributed by atoms with E-state index in [0.29, 0.717) is 17.1 Å². The molecule has 1 aliphatic heterocycles. The molecule has 0 spiro atoms. The summed E-state index contributed by atoms with van der Waals surface area (Å²) in [4.78, 5) is 21.3. The molecule has 0 N–H and O–H groups in total. The molecule has 1 atom stereocenters. The molecule has 0 fully saturated rings. The first-order chi connectivity index (χ1) is 11.2. The maximum Gasteiger partial charge on any atom is 0.243 e. The molecule has 112 valence electrons. The van der Waals surface area contributed by atoms with E-state index in [9.17, 15) is 4.79 Å². The molecule has 3 aromatic rings. The van der Waals surface area contributed by atoms with Crippen LogP contribution in [0.15, 0.2) is 62.5 Å². The molecule has 23 heavy (non-hydrogen) atoms. The lowest BCUT2D eigenvalue weighted by atomic mass is 9.94. The molecule has 0 amide bonds. The Bertz CT molecular complexity index is 933. The fraction of sp³-hybridized carbons (Fsp3) is 0.0588. The Labute approximate surface area is 140 Å². The highest BCUT2D eigenvalue weighted by Gasteiger charge is 2.30. The van der Waals surface area contributed by atoms with E-state index in [1.807, 2.05) is 36.4 Å². The van der Waals surface area contributed by atoms with Crippen LogP contribution in [0.3, 0.4) is 0 Å². The molecule has 0 saturated carbocycles. The van der Waals surface area contributed by atoms with Crippen LogP contribution >= 0.6 is 15.9 Å². The van der Waals surface area contributed by atoms with Gasteiger partial charge in [0.25, 0.3) is 0 Å². The second-order valence-corrected chi connectivity index (χ2v) is 6.02. The standard InChI is InChI=1S/C17H10BrN3O2/c18-11-5-3-4-10(8-11)16-20-17(23-21-16)13-9-19-14-7-2-1-6-12(14)15(13)22/h1-9,13H. The average molecular weight is 368 g/mol. The molecule has 0 aliphatic carbocycles. The lowest BCUT2D eigenvalue weighted by Crippen LogP contribution is -2.18. The average Bonchev–Trinajstić information content (AvgIpc) is 3.05. The number of fused-ring (bicyclic) bond motifs is 1. The van der Waals surface area contributed by atoms with Crippen LogP contribution in [0.1, 0.15) is 22.2 Å². The number of para-hydroxylation sites is 1. The molecule has 1 unspecified atom stereocenters. The molecular weight excluding hydrogens is 358 g/mol. The molecule has 2 aromatic carbocycles. The van der Waals surface area contributed by atoms with Crippen LogP contribution in [0, 0.1) is 0 Å². The normalized spacial score (nSPS) is 16.4. The van der Waals surface area contributed by atoms with Crippen molar-refractivity contribution in [2.45, 2.75) is 5.92 Å². The van der Waals surface area contributed by atoms with Gasteiger partial charge in [0, 0.05) is 21.8 Å². The van der Waals surface area contributed by atoms with Crippen molar-refractivity contribution in [1.82, 2.24) is 10.1 Å². The van der Waals surface area contributed by atoms with Crippen molar-refractivity contribution in [3.05, 3.63) is 64.5 Å². The summed E-state index contributed by atoms with van der Waals surface area (Å²) in [5, 5.41) is 3.97. The van der Waals surface area contributed by atoms with Gasteiger partial charge in [-0.2, -0.15) is 4.98 Å². The first-order valence-corrected chi connectivity index (χ1v) is 7.78. The number of Topliss-reactive ketones (excluding diaryl/α,β-unsaturated/α-hetero) is 1. The minimum Gasteiger partial charge on any atom is -0.338 e. The van der Waals surface area contributed by atoms with E-state index in [1.165, 1.54) is 0 Å². The van der Waals surface area contributed by atoms with Crippen molar-refractivity contribution in [3.8, 4) is 11.4 Å². The number of hydrogen-bond donors (Lipinski definition) is 0. The van der Waals surface area contributed by atoms with Gasteiger partial charge in [0.05, 0.1) is 5.69 Å². The highest BCUT2D eigenvalue weighted by molar-refractivity contribution is 9.10. The third kappa shape index (κ3) is 2.51. The van der Waals surface area contributed by atoms with Gasteiger partial charge in [0.15, 0.2) is 5.78 Å². The largest absolute Gasteiger partial charge is 0.338 e. The third-order valence-electron chi connectivity index (χ3n) is 3.61. The van der Waals surface area contributed by atoms with E-state index in [0.717, 1.165) is 10.0 Å². The van der Waals surface area contributed by atoms with Crippen LogP contribution in [0.5, 0.6) is 0 Å². The van der Waals surface area contributed by atoms with E-state index >= 15 is 0 Å². The van der Waals surface area contributed by atoms with Crippen molar-refractivity contribution >= 4 is 33.6 Å². The highest BCUT2D eigenvalue weighted by atomic mass is 79.9. The zero-order valence-corrected chi connectivity index (χ0v) is 13.4. The van der Waals surface area contributed by atoms with Gasteiger partial charge in [-0.1, -0.05) is 45.4 Å². The molecule has 0 bridgehead atoms. The summed E-state index contributed by atoms with van der Waals surface area (Å²) < 4.78 is 6.22. The van der Waals surface area contributed by atoms with Gasteiger partial charge in [-0.15, -0.1) is 0 Å². The first-order valence-electron chi connectivity index (χ1n) is 6.99. The molecule has 1 aromatic heterocycles. The Morgan fingerprint density at radius 1 is 1.09 bits per heavy atom. The Hall–Kier alpha value is -2.60. The SMILES string of the molecule is O=C1c2ccccc2N=CC1c1nc(-c2cccc(Br)c2)no1. The predicted molar refractivity (Wildman–Crippen MR) is 89.1 cm³/mol. The molecule has 2 heterocycles. The molecule has 1 aliphatic rings. The third-order valence-corrected chi connectivity index (χ3v) is 4.10. The molecule has 0 saturated heterocycles. The number of halogens is 1. The van der Waals surface area contributed by atoms with Gasteiger partial charge in [-0.25, -0.2) is 0 Å². The van der Waals surface area contributed by atoms with Crippen molar-refractivity contribution in [2.24, 2.45) is 4.99 Å². The van der Waals surface area contributed by atoms with Gasteiger partial charge in [0.2, 0.25) is 11.7 Å². The highest BCUT2D eigenvalue weighted by Crippen LogP contribution is 2.31. The second-order valence-electron chi connectivity index (χ2n) is 5.10. The molecule has 5 nitrogen and oxygen atoms in total. The Kier molecular flexibility index (Phi) is 3.38. The smallest absolute Gasteiger partial charge is 0.243 e.